The molecule has 0 unspecified atom stereocenters. The summed E-state index contributed by atoms with van der Waals surface area (Å²) in [6.07, 6.45) is 5.76. The van der Waals surface area contributed by atoms with Crippen LogP contribution in [0.15, 0.2) is 0 Å². The summed E-state index contributed by atoms with van der Waals surface area (Å²) in [4.78, 5) is 13.8. The minimum Gasteiger partial charge on any atom is -0.444 e. The van der Waals surface area contributed by atoms with E-state index in [1.807, 2.05) is 20.8 Å². The number of ether oxygens (including phenoxy) is 1. The smallest absolute Gasteiger partial charge is 0.410 e. The number of carbonyl (C=O) groups excluding carboxylic acids is 1. The van der Waals surface area contributed by atoms with Gasteiger partial charge in [0.05, 0.1) is 6.10 Å². The van der Waals surface area contributed by atoms with Crippen LogP contribution in [0.4, 0.5) is 4.79 Å². The van der Waals surface area contributed by atoms with Crippen molar-refractivity contribution in [2.45, 2.75) is 83.1 Å². The highest BCUT2D eigenvalue weighted by Gasteiger charge is 2.30. The predicted molar refractivity (Wildman–Crippen MR) is 82.2 cm³/mol. The first-order valence-corrected chi connectivity index (χ1v) is 8.27. The number of carbonyl (C=O) groups is 1. The normalized spacial score (nSPS) is 28.5. The number of amides is 1. The van der Waals surface area contributed by atoms with Crippen LogP contribution in [0.25, 0.3) is 0 Å². The van der Waals surface area contributed by atoms with E-state index in [4.69, 9.17) is 4.74 Å². The molecule has 2 N–H and O–H groups in total. The van der Waals surface area contributed by atoms with Gasteiger partial charge in [-0.3, -0.25) is 0 Å². The van der Waals surface area contributed by atoms with Gasteiger partial charge in [0.2, 0.25) is 0 Å². The molecular weight excluding hydrogens is 268 g/mol. The number of likely N-dealkylation sites (tertiary alicyclic amines) is 1. The molecule has 0 aromatic rings. The predicted octanol–water partition coefficient (Wildman–Crippen LogP) is 2.28. The number of hydrogen-bond donors (Lipinski definition) is 2. The molecule has 1 saturated heterocycles. The summed E-state index contributed by atoms with van der Waals surface area (Å²) >= 11 is 0. The minimum atomic E-state index is -0.432. The van der Waals surface area contributed by atoms with E-state index in [1.54, 1.807) is 4.90 Å². The lowest BCUT2D eigenvalue weighted by molar-refractivity contribution is 0.0178. The van der Waals surface area contributed by atoms with Crippen molar-refractivity contribution in [1.29, 1.82) is 0 Å². The molecule has 1 amide bonds. The molecule has 0 aromatic carbocycles. The first-order valence-electron chi connectivity index (χ1n) is 8.27. The van der Waals surface area contributed by atoms with Gasteiger partial charge in [-0.25, -0.2) is 4.79 Å². The Balaban J connectivity index is 1.74. The SMILES string of the molecule is CC(C)(C)OC(=O)N1CCC(N[C@@H]2CCCC[C@H]2O)CC1. The molecule has 2 fully saturated rings. The molecule has 5 nitrogen and oxygen atoms in total. The van der Waals surface area contributed by atoms with Crippen LogP contribution >= 0.6 is 0 Å². The fourth-order valence-corrected chi connectivity index (χ4v) is 3.16. The molecule has 1 aliphatic heterocycles. The molecule has 2 aliphatic rings. The summed E-state index contributed by atoms with van der Waals surface area (Å²) in [5, 5.41) is 13.6. The molecule has 0 bridgehead atoms. The van der Waals surface area contributed by atoms with Gasteiger partial charge in [-0.05, 0) is 46.5 Å². The number of piperidine rings is 1. The third-order valence-electron chi connectivity index (χ3n) is 4.33. The summed E-state index contributed by atoms with van der Waals surface area (Å²) < 4.78 is 5.41. The minimum absolute atomic E-state index is 0.206. The maximum Gasteiger partial charge on any atom is 0.410 e. The molecule has 122 valence electrons. The van der Waals surface area contributed by atoms with Crippen molar-refractivity contribution in [1.82, 2.24) is 10.2 Å². The quantitative estimate of drug-likeness (QED) is 0.821. The number of aliphatic hydroxyl groups is 1. The molecule has 2 atom stereocenters. The van der Waals surface area contributed by atoms with Crippen LogP contribution in [0.3, 0.4) is 0 Å². The zero-order valence-corrected chi connectivity index (χ0v) is 13.6. The lowest BCUT2D eigenvalue weighted by atomic mass is 9.91. The molecule has 2 rings (SSSR count). The van der Waals surface area contributed by atoms with Gasteiger partial charge in [0.25, 0.3) is 0 Å². The largest absolute Gasteiger partial charge is 0.444 e. The summed E-state index contributed by atoms with van der Waals surface area (Å²) in [5.74, 6) is 0. The van der Waals surface area contributed by atoms with E-state index in [1.165, 1.54) is 6.42 Å². The van der Waals surface area contributed by atoms with Crippen molar-refractivity contribution in [3.63, 3.8) is 0 Å². The molecule has 1 heterocycles. The van der Waals surface area contributed by atoms with E-state index in [2.05, 4.69) is 5.32 Å². The van der Waals surface area contributed by atoms with Gasteiger partial charge >= 0.3 is 6.09 Å². The second-order valence-corrected chi connectivity index (χ2v) is 7.37. The van der Waals surface area contributed by atoms with E-state index in [9.17, 15) is 9.90 Å². The van der Waals surface area contributed by atoms with Crippen LogP contribution in [0.2, 0.25) is 0 Å². The zero-order valence-electron chi connectivity index (χ0n) is 13.6. The Morgan fingerprint density at radius 1 is 1.14 bits per heavy atom. The standard InChI is InChI=1S/C16H30N2O3/c1-16(2,3)21-15(20)18-10-8-12(9-11-18)17-13-6-4-5-7-14(13)19/h12-14,17,19H,4-11H2,1-3H3/t13-,14-/m1/s1. The van der Waals surface area contributed by atoms with Crippen molar-refractivity contribution < 1.29 is 14.6 Å². The van der Waals surface area contributed by atoms with Gasteiger partial charge in [0.15, 0.2) is 0 Å². The lowest BCUT2D eigenvalue weighted by Crippen LogP contribution is -2.52. The van der Waals surface area contributed by atoms with Gasteiger partial charge in [0.1, 0.15) is 5.60 Å². The Bertz CT molecular complexity index is 346. The fourth-order valence-electron chi connectivity index (χ4n) is 3.16. The van der Waals surface area contributed by atoms with Crippen LogP contribution in [0.5, 0.6) is 0 Å². The van der Waals surface area contributed by atoms with E-state index in [0.29, 0.717) is 6.04 Å². The van der Waals surface area contributed by atoms with Crippen LogP contribution in [0, 0.1) is 0 Å². The molecule has 5 heteroatoms. The first kappa shape index (κ1) is 16.6. The second-order valence-electron chi connectivity index (χ2n) is 7.37. The number of rotatable bonds is 2. The average Bonchev–Trinajstić information content (AvgIpc) is 2.40. The maximum absolute atomic E-state index is 12.0. The molecule has 1 aliphatic carbocycles. The highest BCUT2D eigenvalue weighted by molar-refractivity contribution is 5.68. The van der Waals surface area contributed by atoms with Crippen molar-refractivity contribution in [2.75, 3.05) is 13.1 Å². The van der Waals surface area contributed by atoms with Gasteiger partial charge in [-0.1, -0.05) is 12.8 Å². The van der Waals surface area contributed by atoms with Crippen molar-refractivity contribution in [2.24, 2.45) is 0 Å². The monoisotopic (exact) mass is 298 g/mol. The van der Waals surface area contributed by atoms with Crippen LogP contribution in [-0.4, -0.2) is 53.0 Å². The highest BCUT2D eigenvalue weighted by atomic mass is 16.6. The van der Waals surface area contributed by atoms with Crippen LogP contribution in [-0.2, 0) is 4.74 Å². The molecule has 21 heavy (non-hydrogen) atoms. The Morgan fingerprint density at radius 3 is 2.33 bits per heavy atom. The van der Waals surface area contributed by atoms with E-state index < -0.39 is 5.60 Å². The zero-order chi connectivity index (χ0) is 15.5. The lowest BCUT2D eigenvalue weighted by Gasteiger charge is -2.37. The molecular formula is C16H30N2O3. The molecule has 0 aromatic heterocycles. The Labute approximate surface area is 128 Å². The van der Waals surface area contributed by atoms with E-state index in [0.717, 1.165) is 45.2 Å². The van der Waals surface area contributed by atoms with E-state index >= 15 is 0 Å². The molecule has 0 radical (unpaired) electrons. The number of hydrogen-bond acceptors (Lipinski definition) is 4. The average molecular weight is 298 g/mol. The summed E-state index contributed by atoms with van der Waals surface area (Å²) in [5.41, 5.74) is -0.432. The third kappa shape index (κ3) is 5.15. The highest BCUT2D eigenvalue weighted by Crippen LogP contribution is 2.21. The fraction of sp³-hybridized carbons (Fsp3) is 0.938. The second kappa shape index (κ2) is 6.97. The topological polar surface area (TPSA) is 61.8 Å². The number of nitrogens with zero attached hydrogens (tertiary/aromatic N) is 1. The summed E-state index contributed by atoms with van der Waals surface area (Å²) in [7, 11) is 0. The van der Waals surface area contributed by atoms with Crippen molar-refractivity contribution in [3.05, 3.63) is 0 Å². The van der Waals surface area contributed by atoms with Crippen LogP contribution in [0.1, 0.15) is 59.3 Å². The Kier molecular flexibility index (Phi) is 5.49. The Morgan fingerprint density at radius 2 is 1.76 bits per heavy atom. The summed E-state index contributed by atoms with van der Waals surface area (Å²) in [6.45, 7) is 7.14. The number of nitrogens with one attached hydrogen (secondary N) is 1. The first-order chi connectivity index (χ1) is 9.85. The Hall–Kier alpha value is -0.810. The van der Waals surface area contributed by atoms with Gasteiger partial charge in [-0.15, -0.1) is 0 Å². The van der Waals surface area contributed by atoms with Crippen molar-refractivity contribution in [3.8, 4) is 0 Å². The molecule has 0 spiro atoms. The van der Waals surface area contributed by atoms with Gasteiger partial charge < -0.3 is 20.1 Å². The number of aliphatic hydroxyl groups excluding tert-OH is 1. The van der Waals surface area contributed by atoms with Crippen molar-refractivity contribution >= 4 is 6.09 Å². The summed E-state index contributed by atoms with van der Waals surface area (Å²) in [6, 6.07) is 0.637. The van der Waals surface area contributed by atoms with Gasteiger partial charge in [-0.2, -0.15) is 0 Å². The van der Waals surface area contributed by atoms with Crippen LogP contribution < -0.4 is 5.32 Å². The maximum atomic E-state index is 12.0. The van der Waals surface area contributed by atoms with Gasteiger partial charge in [0, 0.05) is 25.2 Å². The molecule has 1 saturated carbocycles. The third-order valence-corrected chi connectivity index (χ3v) is 4.33. The van der Waals surface area contributed by atoms with E-state index in [-0.39, 0.29) is 18.2 Å².